The molecule has 2 aromatic rings. The quantitative estimate of drug-likeness (QED) is 0.176. The number of nitro groups is 1. The second-order valence-electron chi connectivity index (χ2n) is 5.75. The third-order valence-corrected chi connectivity index (χ3v) is 4.26. The summed E-state index contributed by atoms with van der Waals surface area (Å²) in [7, 11) is 0. The van der Waals surface area contributed by atoms with E-state index in [4.69, 9.17) is 11.6 Å². The fourth-order valence-corrected chi connectivity index (χ4v) is 2.73. The van der Waals surface area contributed by atoms with Crippen molar-refractivity contribution in [1.29, 1.82) is 0 Å². The molecule has 0 fully saturated rings. The molecule has 0 unspecified atom stereocenters. The number of nitro benzene ring substituents is 1. The predicted octanol–water partition coefficient (Wildman–Crippen LogP) is 4.75. The van der Waals surface area contributed by atoms with Gasteiger partial charge in [0, 0.05) is 6.07 Å². The average molecular weight is 432 g/mol. The highest BCUT2D eigenvalue weighted by Crippen LogP contribution is 2.34. The summed E-state index contributed by atoms with van der Waals surface area (Å²) < 4.78 is 68.1. The van der Waals surface area contributed by atoms with Crippen molar-refractivity contribution in [1.82, 2.24) is 0 Å². The molecule has 0 bridgehead atoms. The van der Waals surface area contributed by atoms with E-state index >= 15 is 0 Å². The van der Waals surface area contributed by atoms with Gasteiger partial charge >= 0.3 is 0 Å². The van der Waals surface area contributed by atoms with Crippen LogP contribution in [0.1, 0.15) is 12.5 Å². The minimum Gasteiger partial charge on any atom is -0.267 e. The van der Waals surface area contributed by atoms with E-state index in [1.165, 1.54) is 19.1 Å². The number of hydrogen-bond donors (Lipinski definition) is 0. The van der Waals surface area contributed by atoms with Gasteiger partial charge in [0.05, 0.1) is 16.2 Å². The van der Waals surface area contributed by atoms with E-state index in [-0.39, 0.29) is 26.9 Å². The zero-order chi connectivity index (χ0) is 21.6. The maximum atomic E-state index is 14.0. The maximum absolute atomic E-state index is 14.0. The van der Waals surface area contributed by atoms with Crippen LogP contribution < -0.4 is 5.01 Å². The van der Waals surface area contributed by atoms with Crippen molar-refractivity contribution >= 4 is 40.7 Å². The lowest BCUT2D eigenvalue weighted by atomic mass is 10.1. The highest BCUT2D eigenvalue weighted by molar-refractivity contribution is 6.33. The van der Waals surface area contributed by atoms with Crippen molar-refractivity contribution in [3.8, 4) is 0 Å². The van der Waals surface area contributed by atoms with E-state index < -0.39 is 51.3 Å². The lowest BCUT2D eigenvalue weighted by molar-refractivity contribution is -0.384. The van der Waals surface area contributed by atoms with Crippen LogP contribution in [0.3, 0.4) is 0 Å². The summed E-state index contributed by atoms with van der Waals surface area (Å²) in [5.41, 5.74) is -2.26. The third kappa shape index (κ3) is 3.33. The number of amides is 1. The highest BCUT2D eigenvalue weighted by atomic mass is 35.5. The minimum absolute atomic E-state index is 0.0434. The Bertz CT molecular complexity index is 1120. The maximum Gasteiger partial charge on any atom is 0.288 e. The highest BCUT2D eigenvalue weighted by Gasteiger charge is 2.37. The van der Waals surface area contributed by atoms with Crippen LogP contribution in [0.25, 0.3) is 6.08 Å². The molecule has 0 aliphatic carbocycles. The lowest BCUT2D eigenvalue weighted by Gasteiger charge is -2.15. The number of hydrazone groups is 1. The molecule has 1 heterocycles. The Morgan fingerprint density at radius 1 is 1.07 bits per heavy atom. The predicted molar refractivity (Wildman–Crippen MR) is 92.9 cm³/mol. The number of carbonyl (C=O) groups excluding carboxylic acids is 1. The Balaban J connectivity index is 2.09. The van der Waals surface area contributed by atoms with Crippen molar-refractivity contribution < 1.29 is 31.7 Å². The molecule has 0 N–H and O–H groups in total. The molecule has 1 aliphatic heterocycles. The Morgan fingerprint density at radius 2 is 1.62 bits per heavy atom. The van der Waals surface area contributed by atoms with Gasteiger partial charge in [0.15, 0.2) is 23.3 Å². The van der Waals surface area contributed by atoms with Crippen LogP contribution in [-0.4, -0.2) is 16.5 Å². The molecule has 1 aliphatic rings. The average Bonchev–Trinajstić information content (AvgIpc) is 2.94. The molecule has 0 aromatic heterocycles. The number of anilines is 1. The summed E-state index contributed by atoms with van der Waals surface area (Å²) >= 11 is 5.70. The molecule has 0 saturated heterocycles. The Labute approximate surface area is 163 Å². The van der Waals surface area contributed by atoms with E-state index in [9.17, 15) is 36.9 Å². The van der Waals surface area contributed by atoms with Gasteiger partial charge in [-0.25, -0.2) is 22.0 Å². The second kappa shape index (κ2) is 7.24. The molecular weight excluding hydrogens is 425 g/mol. The van der Waals surface area contributed by atoms with Gasteiger partial charge in [-0.05, 0) is 24.6 Å². The van der Waals surface area contributed by atoms with E-state index in [1.54, 1.807) is 0 Å². The molecule has 0 atom stereocenters. The van der Waals surface area contributed by atoms with Crippen LogP contribution in [0.2, 0.25) is 5.02 Å². The molecule has 0 radical (unpaired) electrons. The third-order valence-electron chi connectivity index (χ3n) is 3.94. The van der Waals surface area contributed by atoms with E-state index in [0.717, 1.165) is 12.1 Å². The van der Waals surface area contributed by atoms with E-state index in [0.29, 0.717) is 0 Å². The van der Waals surface area contributed by atoms with Gasteiger partial charge in [-0.3, -0.25) is 14.9 Å². The normalized spacial score (nSPS) is 15.3. The number of hydrogen-bond acceptors (Lipinski definition) is 4. The van der Waals surface area contributed by atoms with Gasteiger partial charge in [-0.1, -0.05) is 17.7 Å². The summed E-state index contributed by atoms with van der Waals surface area (Å²) in [6.07, 6.45) is 1.11. The van der Waals surface area contributed by atoms with Crippen molar-refractivity contribution in [2.24, 2.45) is 5.10 Å². The van der Waals surface area contributed by atoms with Gasteiger partial charge in [0.25, 0.3) is 11.6 Å². The van der Waals surface area contributed by atoms with Gasteiger partial charge in [-0.2, -0.15) is 10.1 Å². The fourth-order valence-electron chi connectivity index (χ4n) is 2.54. The molecule has 2 aromatic carbocycles. The smallest absolute Gasteiger partial charge is 0.267 e. The first kappa shape index (κ1) is 20.4. The van der Waals surface area contributed by atoms with Crippen LogP contribution in [0, 0.1) is 39.2 Å². The Kier molecular flexibility index (Phi) is 5.09. The summed E-state index contributed by atoms with van der Waals surface area (Å²) in [6.45, 7) is 1.25. The fraction of sp³-hybridized carbons (Fsp3) is 0.0588. The van der Waals surface area contributed by atoms with Crippen molar-refractivity contribution in [3.05, 3.63) is 73.6 Å². The summed E-state index contributed by atoms with van der Waals surface area (Å²) in [5.74, 6) is -12.5. The monoisotopic (exact) mass is 431 g/mol. The molecule has 29 heavy (non-hydrogen) atoms. The minimum atomic E-state index is -2.37. The van der Waals surface area contributed by atoms with Crippen molar-refractivity contribution in [2.45, 2.75) is 6.92 Å². The topological polar surface area (TPSA) is 75.8 Å². The van der Waals surface area contributed by atoms with E-state index in [2.05, 4.69) is 5.10 Å². The molecule has 3 rings (SSSR count). The summed E-state index contributed by atoms with van der Waals surface area (Å²) in [4.78, 5) is 22.7. The zero-order valence-electron chi connectivity index (χ0n) is 14.1. The molecule has 12 heteroatoms. The molecule has 1 amide bonds. The SMILES string of the molecule is CC1=NN(c2c(F)c(F)c(F)c(F)c2F)C(=O)/C1=C/c1ccc(Cl)c([N+](=O)[O-])c1. The zero-order valence-corrected chi connectivity index (χ0v) is 14.9. The standard InChI is InChI=1S/C17H7ClF5N3O3/c1-6-8(4-7-2-3-9(18)10(5-7)26(28)29)17(27)25(24-6)16-14(22)12(20)11(19)13(21)15(16)23/h2-5H,1H3/b8-4+. The van der Waals surface area contributed by atoms with Gasteiger partial charge in [-0.15, -0.1) is 0 Å². The summed E-state index contributed by atoms with van der Waals surface area (Å²) in [6, 6.07) is 3.56. The molecule has 0 saturated carbocycles. The van der Waals surface area contributed by atoms with Crippen LogP contribution >= 0.6 is 11.6 Å². The van der Waals surface area contributed by atoms with Crippen molar-refractivity contribution in [3.63, 3.8) is 0 Å². The second-order valence-corrected chi connectivity index (χ2v) is 6.15. The van der Waals surface area contributed by atoms with Gasteiger partial charge in [0.2, 0.25) is 5.82 Å². The first-order valence-corrected chi connectivity index (χ1v) is 7.99. The van der Waals surface area contributed by atoms with Gasteiger partial charge < -0.3 is 0 Å². The molecule has 150 valence electrons. The first-order valence-electron chi connectivity index (χ1n) is 7.61. The van der Waals surface area contributed by atoms with Crippen LogP contribution in [0.4, 0.5) is 33.3 Å². The van der Waals surface area contributed by atoms with Crippen LogP contribution in [0.5, 0.6) is 0 Å². The molecule has 0 spiro atoms. The number of nitrogens with zero attached hydrogens (tertiary/aromatic N) is 3. The summed E-state index contributed by atoms with van der Waals surface area (Å²) in [5, 5.41) is 14.4. The largest absolute Gasteiger partial charge is 0.288 e. The van der Waals surface area contributed by atoms with Gasteiger partial charge in [0.1, 0.15) is 10.7 Å². The lowest BCUT2D eigenvalue weighted by Crippen LogP contribution is -2.25. The van der Waals surface area contributed by atoms with Crippen LogP contribution in [0.15, 0.2) is 28.9 Å². The Hall–Kier alpha value is -3.34. The number of carbonyl (C=O) groups is 1. The number of benzene rings is 2. The number of halogens is 6. The van der Waals surface area contributed by atoms with E-state index in [1.807, 2.05) is 0 Å². The molecular formula is C17H7ClF5N3O3. The molecule has 6 nitrogen and oxygen atoms in total. The van der Waals surface area contributed by atoms with Crippen molar-refractivity contribution in [2.75, 3.05) is 5.01 Å². The number of rotatable bonds is 3. The first-order chi connectivity index (χ1) is 13.5. The van der Waals surface area contributed by atoms with Crippen LogP contribution in [-0.2, 0) is 4.79 Å². The Morgan fingerprint density at radius 3 is 2.17 bits per heavy atom.